The molecule has 1 amide bonds. The lowest BCUT2D eigenvalue weighted by Gasteiger charge is -2.17. The van der Waals surface area contributed by atoms with Gasteiger partial charge < -0.3 is 4.90 Å². The minimum atomic E-state index is 0.0106. The van der Waals surface area contributed by atoms with E-state index in [1.807, 2.05) is 24.3 Å². The van der Waals surface area contributed by atoms with E-state index in [1.165, 1.54) is 0 Å². The predicted molar refractivity (Wildman–Crippen MR) is 71.0 cm³/mol. The molecule has 3 heteroatoms. The van der Waals surface area contributed by atoms with Gasteiger partial charge in [-0.25, -0.2) is 0 Å². The molecule has 1 aliphatic rings. The van der Waals surface area contributed by atoms with Crippen molar-refractivity contribution in [3.05, 3.63) is 36.7 Å². The van der Waals surface area contributed by atoms with Crippen molar-refractivity contribution in [3.8, 4) is 12.3 Å². The summed E-state index contributed by atoms with van der Waals surface area (Å²) in [4.78, 5) is 17.9. The molecule has 1 atom stereocenters. The molecule has 1 unspecified atom stereocenters. The number of aromatic nitrogens is 1. The highest BCUT2D eigenvalue weighted by atomic mass is 16.2. The molecule has 88 valence electrons. The highest BCUT2D eigenvalue weighted by Gasteiger charge is 2.30. The number of carbonyl (C=O) groups excluding carboxylic acids is 1. The molecule has 2 aromatic rings. The third-order valence-corrected chi connectivity index (χ3v) is 3.30. The van der Waals surface area contributed by atoms with Gasteiger partial charge in [0.15, 0.2) is 0 Å². The number of nitrogens with zero attached hydrogens (tertiary/aromatic N) is 2. The summed E-state index contributed by atoms with van der Waals surface area (Å²) in [5.41, 5.74) is 0.857. The molecule has 1 aromatic carbocycles. The quantitative estimate of drug-likeness (QED) is 0.711. The average molecular weight is 236 g/mol. The fourth-order valence-corrected chi connectivity index (χ4v) is 2.37. The summed E-state index contributed by atoms with van der Waals surface area (Å²) in [6, 6.07) is 7.92. The van der Waals surface area contributed by atoms with E-state index in [9.17, 15) is 4.79 Å². The molecule has 2 heterocycles. The van der Waals surface area contributed by atoms with Gasteiger partial charge in [0.25, 0.3) is 0 Å². The number of hydrogen-bond acceptors (Lipinski definition) is 2. The molecule has 3 nitrogen and oxygen atoms in total. The second-order valence-electron chi connectivity index (χ2n) is 4.45. The van der Waals surface area contributed by atoms with E-state index >= 15 is 0 Å². The first kappa shape index (κ1) is 10.8. The number of hydrogen-bond donors (Lipinski definition) is 0. The Morgan fingerprint density at radius 3 is 2.94 bits per heavy atom. The van der Waals surface area contributed by atoms with Gasteiger partial charge in [-0.05, 0) is 0 Å². The Labute approximate surface area is 105 Å². The van der Waals surface area contributed by atoms with Crippen LogP contribution in [0.1, 0.15) is 6.42 Å². The van der Waals surface area contributed by atoms with Gasteiger partial charge in [0.1, 0.15) is 0 Å². The summed E-state index contributed by atoms with van der Waals surface area (Å²) in [6.07, 6.45) is 9.37. The number of fused-ring (bicyclic) bond motifs is 1. The van der Waals surface area contributed by atoms with Crippen LogP contribution in [0.3, 0.4) is 0 Å². The SMILES string of the molecule is C#CC1CC(=O)N(c2cncc3ccccc23)C1. The minimum absolute atomic E-state index is 0.0106. The largest absolute Gasteiger partial charge is 0.309 e. The highest BCUT2D eigenvalue weighted by molar-refractivity contribution is 6.04. The van der Waals surface area contributed by atoms with E-state index in [2.05, 4.69) is 10.9 Å². The standard InChI is InChI=1S/C15H12N2O/c1-2-11-7-15(18)17(10-11)14-9-16-8-12-5-3-4-6-13(12)14/h1,3-6,8-9,11H,7,10H2. The minimum Gasteiger partial charge on any atom is -0.309 e. The van der Waals surface area contributed by atoms with Crippen molar-refractivity contribution in [1.29, 1.82) is 0 Å². The van der Waals surface area contributed by atoms with Gasteiger partial charge in [-0.3, -0.25) is 9.78 Å². The van der Waals surface area contributed by atoms with Crippen LogP contribution in [-0.4, -0.2) is 17.4 Å². The maximum Gasteiger partial charge on any atom is 0.228 e. The normalized spacial score (nSPS) is 19.2. The second kappa shape index (κ2) is 4.15. The molecule has 0 saturated carbocycles. The number of amides is 1. The predicted octanol–water partition coefficient (Wildman–Crippen LogP) is 2.22. The van der Waals surface area contributed by atoms with Gasteiger partial charge in [0.05, 0.1) is 11.9 Å². The van der Waals surface area contributed by atoms with Crippen LogP contribution in [0.15, 0.2) is 36.7 Å². The van der Waals surface area contributed by atoms with Crippen molar-refractivity contribution in [2.24, 2.45) is 5.92 Å². The van der Waals surface area contributed by atoms with E-state index in [1.54, 1.807) is 17.3 Å². The van der Waals surface area contributed by atoms with Crippen LogP contribution in [0.25, 0.3) is 10.8 Å². The number of terminal acetylenes is 1. The molecule has 0 radical (unpaired) electrons. The van der Waals surface area contributed by atoms with E-state index in [-0.39, 0.29) is 11.8 Å². The average Bonchev–Trinajstić information content (AvgIpc) is 2.79. The number of carbonyl (C=O) groups is 1. The van der Waals surface area contributed by atoms with E-state index in [0.29, 0.717) is 13.0 Å². The molecule has 0 spiro atoms. The summed E-state index contributed by atoms with van der Waals surface area (Å²) < 4.78 is 0. The first-order valence-electron chi connectivity index (χ1n) is 5.89. The van der Waals surface area contributed by atoms with Gasteiger partial charge in [-0.2, -0.15) is 0 Å². The molecule has 0 N–H and O–H groups in total. The maximum absolute atomic E-state index is 12.0. The topological polar surface area (TPSA) is 33.2 Å². The number of benzene rings is 1. The smallest absolute Gasteiger partial charge is 0.228 e. The molecule has 1 aliphatic heterocycles. The van der Waals surface area contributed by atoms with Crippen LogP contribution in [0.2, 0.25) is 0 Å². The summed E-state index contributed by atoms with van der Waals surface area (Å²) in [7, 11) is 0. The summed E-state index contributed by atoms with van der Waals surface area (Å²) >= 11 is 0. The highest BCUT2D eigenvalue weighted by Crippen LogP contribution is 2.30. The van der Waals surface area contributed by atoms with E-state index in [0.717, 1.165) is 16.5 Å². The molecule has 1 saturated heterocycles. The molecule has 0 aliphatic carbocycles. The van der Waals surface area contributed by atoms with Crippen molar-refractivity contribution in [3.63, 3.8) is 0 Å². The lowest BCUT2D eigenvalue weighted by atomic mass is 10.1. The van der Waals surface area contributed by atoms with Crippen LogP contribution in [0.5, 0.6) is 0 Å². The second-order valence-corrected chi connectivity index (χ2v) is 4.45. The van der Waals surface area contributed by atoms with Gasteiger partial charge >= 0.3 is 0 Å². The molecule has 18 heavy (non-hydrogen) atoms. The van der Waals surface area contributed by atoms with Gasteiger partial charge in [-0.15, -0.1) is 12.3 Å². The molecule has 1 aromatic heterocycles. The van der Waals surface area contributed by atoms with Gasteiger partial charge in [-0.1, -0.05) is 24.3 Å². The van der Waals surface area contributed by atoms with Crippen molar-refractivity contribution in [2.75, 3.05) is 11.4 Å². The third kappa shape index (κ3) is 1.63. The van der Waals surface area contributed by atoms with E-state index < -0.39 is 0 Å². The molecule has 0 bridgehead atoms. The van der Waals surface area contributed by atoms with Crippen LogP contribution >= 0.6 is 0 Å². The Morgan fingerprint density at radius 2 is 2.17 bits per heavy atom. The van der Waals surface area contributed by atoms with Crippen molar-refractivity contribution < 1.29 is 4.79 Å². The van der Waals surface area contributed by atoms with Crippen LogP contribution in [0.4, 0.5) is 5.69 Å². The van der Waals surface area contributed by atoms with Crippen LogP contribution in [-0.2, 0) is 4.79 Å². The van der Waals surface area contributed by atoms with Crippen molar-refractivity contribution in [1.82, 2.24) is 4.98 Å². The Kier molecular flexibility index (Phi) is 2.49. The first-order chi connectivity index (χ1) is 8.79. The number of pyridine rings is 1. The molecule has 3 rings (SSSR count). The molecular weight excluding hydrogens is 224 g/mol. The fraction of sp³-hybridized carbons (Fsp3) is 0.200. The zero-order valence-electron chi connectivity index (χ0n) is 9.84. The number of rotatable bonds is 1. The van der Waals surface area contributed by atoms with Gasteiger partial charge in [0.2, 0.25) is 5.91 Å². The van der Waals surface area contributed by atoms with Crippen LogP contribution in [0, 0.1) is 18.3 Å². The Morgan fingerprint density at radius 1 is 1.33 bits per heavy atom. The lowest BCUT2D eigenvalue weighted by molar-refractivity contribution is -0.117. The van der Waals surface area contributed by atoms with Gasteiger partial charge in [0, 0.05) is 35.9 Å². The summed E-state index contributed by atoms with van der Waals surface area (Å²) in [5.74, 6) is 2.75. The molecular formula is C15H12N2O. The Hall–Kier alpha value is -2.34. The Bertz CT molecular complexity index is 652. The monoisotopic (exact) mass is 236 g/mol. The zero-order valence-corrected chi connectivity index (χ0v) is 9.84. The summed E-state index contributed by atoms with van der Waals surface area (Å²) in [6.45, 7) is 0.588. The first-order valence-corrected chi connectivity index (χ1v) is 5.89. The summed E-state index contributed by atoms with van der Waals surface area (Å²) in [5, 5.41) is 2.07. The fourth-order valence-electron chi connectivity index (χ4n) is 2.37. The van der Waals surface area contributed by atoms with Crippen molar-refractivity contribution >= 4 is 22.4 Å². The zero-order chi connectivity index (χ0) is 12.5. The van der Waals surface area contributed by atoms with Crippen LogP contribution < -0.4 is 4.90 Å². The maximum atomic E-state index is 12.0. The lowest BCUT2D eigenvalue weighted by Crippen LogP contribution is -2.24. The third-order valence-electron chi connectivity index (χ3n) is 3.30. The Balaban J connectivity index is 2.10. The van der Waals surface area contributed by atoms with Crippen molar-refractivity contribution in [2.45, 2.75) is 6.42 Å². The molecule has 1 fully saturated rings. The number of anilines is 1. The van der Waals surface area contributed by atoms with E-state index in [4.69, 9.17) is 6.42 Å².